The van der Waals surface area contributed by atoms with Gasteiger partial charge in [0, 0.05) is 0 Å². The third-order valence-electron chi connectivity index (χ3n) is 2.10. The van der Waals surface area contributed by atoms with Crippen LogP contribution in [0.15, 0.2) is 29.4 Å². The Hall–Kier alpha value is -1.49. The molecule has 5 heteroatoms. The quantitative estimate of drug-likeness (QED) is 0.805. The molecule has 1 heterocycles. The average Bonchev–Trinajstić information content (AvgIpc) is 2.56. The van der Waals surface area contributed by atoms with Crippen molar-refractivity contribution in [2.75, 3.05) is 6.26 Å². The van der Waals surface area contributed by atoms with Crippen LogP contribution in [0.25, 0.3) is 11.0 Å². The third-order valence-corrected chi connectivity index (χ3v) is 2.77. The number of imidazole rings is 1. The number of carbonyl (C=O) groups is 1. The van der Waals surface area contributed by atoms with Crippen molar-refractivity contribution in [1.29, 1.82) is 0 Å². The first kappa shape index (κ1) is 10.0. The highest BCUT2D eigenvalue weighted by molar-refractivity contribution is 7.98. The number of carboxylic acid groups (broad SMARTS) is 1. The number of hydrogen-bond donors (Lipinski definition) is 1. The molecule has 0 fully saturated rings. The molecule has 0 saturated carbocycles. The molecule has 0 saturated heterocycles. The summed E-state index contributed by atoms with van der Waals surface area (Å²) < 4.78 is 1.71. The number of aromatic nitrogens is 2. The number of carboxylic acids is 1. The summed E-state index contributed by atoms with van der Waals surface area (Å²) in [5, 5.41) is 9.54. The maximum absolute atomic E-state index is 10.7. The van der Waals surface area contributed by atoms with Crippen molar-refractivity contribution >= 4 is 28.8 Å². The first-order valence-electron chi connectivity index (χ1n) is 4.43. The largest absolute Gasteiger partial charge is 0.480 e. The molecule has 1 N–H and O–H groups in total. The molecule has 0 spiro atoms. The van der Waals surface area contributed by atoms with Crippen LogP contribution in [0.2, 0.25) is 0 Å². The number of hydrogen-bond acceptors (Lipinski definition) is 3. The predicted octanol–water partition coefficient (Wildman–Crippen LogP) is 1.84. The predicted molar refractivity (Wildman–Crippen MR) is 59.1 cm³/mol. The average molecular weight is 222 g/mol. The molecule has 0 unspecified atom stereocenters. The molecule has 0 amide bonds. The van der Waals surface area contributed by atoms with Crippen LogP contribution in [-0.4, -0.2) is 26.9 Å². The van der Waals surface area contributed by atoms with Crippen LogP contribution in [0.1, 0.15) is 0 Å². The Bertz CT molecular complexity index is 507. The van der Waals surface area contributed by atoms with Crippen LogP contribution in [0.3, 0.4) is 0 Å². The van der Waals surface area contributed by atoms with E-state index in [-0.39, 0.29) is 6.54 Å². The van der Waals surface area contributed by atoms with Gasteiger partial charge < -0.3 is 9.67 Å². The van der Waals surface area contributed by atoms with E-state index in [1.54, 1.807) is 4.57 Å². The van der Waals surface area contributed by atoms with Gasteiger partial charge in [-0.1, -0.05) is 23.9 Å². The number of aliphatic carboxylic acids is 1. The Balaban J connectivity index is 2.61. The Labute approximate surface area is 90.9 Å². The Morgan fingerprint density at radius 1 is 1.53 bits per heavy atom. The van der Waals surface area contributed by atoms with Gasteiger partial charge in [0.2, 0.25) is 0 Å². The summed E-state index contributed by atoms with van der Waals surface area (Å²) in [6.45, 7) is -0.0450. The molecule has 4 nitrogen and oxygen atoms in total. The first-order valence-corrected chi connectivity index (χ1v) is 5.66. The summed E-state index contributed by atoms with van der Waals surface area (Å²) in [4.78, 5) is 15.1. The van der Waals surface area contributed by atoms with Crippen molar-refractivity contribution in [3.05, 3.63) is 24.3 Å². The lowest BCUT2D eigenvalue weighted by Gasteiger charge is -2.02. The Morgan fingerprint density at radius 2 is 2.27 bits per heavy atom. The minimum Gasteiger partial charge on any atom is -0.480 e. The zero-order valence-corrected chi connectivity index (χ0v) is 8.99. The number of benzene rings is 1. The third kappa shape index (κ3) is 1.83. The van der Waals surface area contributed by atoms with E-state index in [2.05, 4.69) is 4.98 Å². The first-order chi connectivity index (χ1) is 7.22. The van der Waals surface area contributed by atoms with Gasteiger partial charge in [0.15, 0.2) is 5.16 Å². The van der Waals surface area contributed by atoms with E-state index in [1.807, 2.05) is 30.5 Å². The van der Waals surface area contributed by atoms with E-state index in [4.69, 9.17) is 5.11 Å². The second-order valence-electron chi connectivity index (χ2n) is 3.07. The molecule has 0 radical (unpaired) electrons. The molecule has 78 valence electrons. The van der Waals surface area contributed by atoms with Gasteiger partial charge in [0.05, 0.1) is 11.0 Å². The maximum Gasteiger partial charge on any atom is 0.323 e. The molecule has 2 rings (SSSR count). The van der Waals surface area contributed by atoms with E-state index in [0.29, 0.717) is 0 Å². The van der Waals surface area contributed by atoms with Crippen LogP contribution < -0.4 is 0 Å². The van der Waals surface area contributed by atoms with Crippen LogP contribution in [-0.2, 0) is 11.3 Å². The SMILES string of the molecule is CSc1nc2ccccc2n1CC(=O)O. The molecular weight excluding hydrogens is 212 g/mol. The van der Waals surface area contributed by atoms with Crippen molar-refractivity contribution in [2.24, 2.45) is 0 Å². The summed E-state index contributed by atoms with van der Waals surface area (Å²) in [5.74, 6) is -0.853. The molecular formula is C10H10N2O2S. The summed E-state index contributed by atoms with van der Waals surface area (Å²) in [6.07, 6.45) is 1.89. The second-order valence-corrected chi connectivity index (χ2v) is 3.84. The maximum atomic E-state index is 10.7. The van der Waals surface area contributed by atoms with Crippen LogP contribution in [0.4, 0.5) is 0 Å². The molecule has 0 aliphatic rings. The van der Waals surface area contributed by atoms with Crippen molar-refractivity contribution in [1.82, 2.24) is 9.55 Å². The molecule has 0 bridgehead atoms. The molecule has 0 atom stereocenters. The minimum absolute atomic E-state index is 0.0450. The van der Waals surface area contributed by atoms with Gasteiger partial charge in [-0.15, -0.1) is 0 Å². The molecule has 2 aromatic rings. The molecule has 0 aliphatic heterocycles. The van der Waals surface area contributed by atoms with Crippen LogP contribution in [0, 0.1) is 0 Å². The summed E-state index contributed by atoms with van der Waals surface area (Å²) in [6, 6.07) is 7.54. The lowest BCUT2D eigenvalue weighted by molar-refractivity contribution is -0.137. The standard InChI is InChI=1S/C10H10N2O2S/c1-15-10-11-7-4-2-3-5-8(7)12(10)6-9(13)14/h2-5H,6H2,1H3,(H,13,14). The van der Waals surface area contributed by atoms with Crippen molar-refractivity contribution in [3.8, 4) is 0 Å². The fraction of sp³-hybridized carbons (Fsp3) is 0.200. The van der Waals surface area contributed by atoms with E-state index < -0.39 is 5.97 Å². The highest BCUT2D eigenvalue weighted by Crippen LogP contribution is 2.21. The Kier molecular flexibility index (Phi) is 2.64. The van der Waals surface area contributed by atoms with Crippen LogP contribution >= 0.6 is 11.8 Å². The van der Waals surface area contributed by atoms with E-state index >= 15 is 0 Å². The summed E-state index contributed by atoms with van der Waals surface area (Å²) in [7, 11) is 0. The number of nitrogens with zero attached hydrogens (tertiary/aromatic N) is 2. The van der Waals surface area contributed by atoms with Crippen molar-refractivity contribution < 1.29 is 9.90 Å². The summed E-state index contributed by atoms with van der Waals surface area (Å²) >= 11 is 1.45. The number of para-hydroxylation sites is 2. The van der Waals surface area contributed by atoms with Gasteiger partial charge in [-0.2, -0.15) is 0 Å². The Morgan fingerprint density at radius 3 is 2.93 bits per heavy atom. The molecule has 15 heavy (non-hydrogen) atoms. The van der Waals surface area contributed by atoms with Crippen molar-refractivity contribution in [2.45, 2.75) is 11.7 Å². The van der Waals surface area contributed by atoms with E-state index in [0.717, 1.165) is 16.2 Å². The van der Waals surface area contributed by atoms with Gasteiger partial charge in [-0.3, -0.25) is 4.79 Å². The number of fused-ring (bicyclic) bond motifs is 1. The molecule has 1 aromatic heterocycles. The van der Waals surface area contributed by atoms with E-state index in [9.17, 15) is 4.79 Å². The van der Waals surface area contributed by atoms with Gasteiger partial charge in [-0.25, -0.2) is 4.98 Å². The van der Waals surface area contributed by atoms with Crippen LogP contribution in [0.5, 0.6) is 0 Å². The smallest absolute Gasteiger partial charge is 0.323 e. The van der Waals surface area contributed by atoms with Crippen molar-refractivity contribution in [3.63, 3.8) is 0 Å². The fourth-order valence-electron chi connectivity index (χ4n) is 1.50. The zero-order valence-electron chi connectivity index (χ0n) is 8.17. The topological polar surface area (TPSA) is 55.1 Å². The van der Waals surface area contributed by atoms with Gasteiger partial charge in [0.25, 0.3) is 0 Å². The number of rotatable bonds is 3. The molecule has 1 aromatic carbocycles. The molecule has 0 aliphatic carbocycles. The minimum atomic E-state index is -0.853. The highest BCUT2D eigenvalue weighted by atomic mass is 32.2. The van der Waals surface area contributed by atoms with Gasteiger partial charge in [-0.05, 0) is 18.4 Å². The van der Waals surface area contributed by atoms with Gasteiger partial charge in [0.1, 0.15) is 6.54 Å². The lowest BCUT2D eigenvalue weighted by Crippen LogP contribution is -2.09. The highest BCUT2D eigenvalue weighted by Gasteiger charge is 2.11. The monoisotopic (exact) mass is 222 g/mol. The second kappa shape index (κ2) is 3.94. The van der Waals surface area contributed by atoms with Gasteiger partial charge >= 0.3 is 5.97 Å². The summed E-state index contributed by atoms with van der Waals surface area (Å²) in [5.41, 5.74) is 1.70. The number of thioether (sulfide) groups is 1. The van der Waals surface area contributed by atoms with E-state index in [1.165, 1.54) is 11.8 Å². The normalized spacial score (nSPS) is 10.7. The lowest BCUT2D eigenvalue weighted by atomic mass is 10.3. The zero-order chi connectivity index (χ0) is 10.8. The fourth-order valence-corrected chi connectivity index (χ4v) is 2.07.